The van der Waals surface area contributed by atoms with Crippen LogP contribution in [0.1, 0.15) is 25.7 Å². The third kappa shape index (κ3) is 4.15. The SMILES string of the molecule is CS(=O)(=O)NC[C@@H]1CCC[C@]2(CCN(c3ncc(F)cn3)C2)O1. The van der Waals surface area contributed by atoms with Crippen LogP contribution < -0.4 is 9.62 Å². The molecule has 0 aliphatic carbocycles. The Morgan fingerprint density at radius 2 is 2.17 bits per heavy atom. The number of halogens is 1. The van der Waals surface area contributed by atoms with Crippen molar-refractivity contribution in [3.8, 4) is 0 Å². The molecule has 1 aromatic heterocycles. The van der Waals surface area contributed by atoms with Crippen molar-refractivity contribution in [2.75, 3.05) is 30.8 Å². The highest BCUT2D eigenvalue weighted by atomic mass is 32.2. The molecule has 2 aliphatic rings. The van der Waals surface area contributed by atoms with Crippen LogP contribution in [-0.4, -0.2) is 56.0 Å². The van der Waals surface area contributed by atoms with Crippen LogP contribution in [0.2, 0.25) is 0 Å². The van der Waals surface area contributed by atoms with Gasteiger partial charge in [0.15, 0.2) is 5.82 Å². The Hall–Kier alpha value is -1.32. The zero-order valence-electron chi connectivity index (χ0n) is 13.0. The maximum Gasteiger partial charge on any atom is 0.225 e. The largest absolute Gasteiger partial charge is 0.368 e. The van der Waals surface area contributed by atoms with Crippen LogP contribution in [0.3, 0.4) is 0 Å². The summed E-state index contributed by atoms with van der Waals surface area (Å²) in [7, 11) is -3.21. The molecule has 3 heterocycles. The van der Waals surface area contributed by atoms with E-state index in [2.05, 4.69) is 14.7 Å². The first-order chi connectivity index (χ1) is 10.9. The van der Waals surface area contributed by atoms with Crippen LogP contribution in [0.25, 0.3) is 0 Å². The summed E-state index contributed by atoms with van der Waals surface area (Å²) in [5, 5.41) is 0. The molecule has 0 radical (unpaired) electrons. The van der Waals surface area contributed by atoms with Crippen molar-refractivity contribution in [2.45, 2.75) is 37.4 Å². The maximum atomic E-state index is 12.9. The highest BCUT2D eigenvalue weighted by Gasteiger charge is 2.43. The number of nitrogens with one attached hydrogen (secondary N) is 1. The van der Waals surface area contributed by atoms with Gasteiger partial charge in [-0.1, -0.05) is 0 Å². The molecular formula is C14H21FN4O3S. The summed E-state index contributed by atoms with van der Waals surface area (Å²) in [6.45, 7) is 1.69. The van der Waals surface area contributed by atoms with E-state index in [1.807, 2.05) is 4.90 Å². The van der Waals surface area contributed by atoms with E-state index in [-0.39, 0.29) is 11.7 Å². The van der Waals surface area contributed by atoms with E-state index >= 15 is 0 Å². The van der Waals surface area contributed by atoms with Crippen LogP contribution in [-0.2, 0) is 14.8 Å². The number of sulfonamides is 1. The Morgan fingerprint density at radius 3 is 2.87 bits per heavy atom. The van der Waals surface area contributed by atoms with E-state index in [1.165, 1.54) is 0 Å². The Kier molecular flexibility index (Phi) is 4.52. The van der Waals surface area contributed by atoms with Crippen LogP contribution in [0.15, 0.2) is 12.4 Å². The molecule has 0 amide bonds. The topological polar surface area (TPSA) is 84.4 Å². The third-order valence-corrected chi connectivity index (χ3v) is 5.05. The minimum absolute atomic E-state index is 0.118. The van der Waals surface area contributed by atoms with Gasteiger partial charge < -0.3 is 9.64 Å². The van der Waals surface area contributed by atoms with Gasteiger partial charge in [-0.3, -0.25) is 0 Å². The molecule has 0 saturated carbocycles. The molecule has 2 fully saturated rings. The van der Waals surface area contributed by atoms with E-state index in [0.29, 0.717) is 19.0 Å². The Balaban J connectivity index is 1.62. The molecule has 1 aromatic rings. The lowest BCUT2D eigenvalue weighted by atomic mass is 9.90. The first-order valence-corrected chi connectivity index (χ1v) is 9.59. The van der Waals surface area contributed by atoms with Gasteiger partial charge in [-0.05, 0) is 25.7 Å². The summed E-state index contributed by atoms with van der Waals surface area (Å²) in [6, 6.07) is 0. The van der Waals surface area contributed by atoms with Gasteiger partial charge in [0, 0.05) is 19.6 Å². The van der Waals surface area contributed by atoms with Crippen molar-refractivity contribution in [3.05, 3.63) is 18.2 Å². The first kappa shape index (κ1) is 16.5. The van der Waals surface area contributed by atoms with Gasteiger partial charge in [-0.15, -0.1) is 0 Å². The fourth-order valence-electron chi connectivity index (χ4n) is 3.30. The number of hydrogen-bond acceptors (Lipinski definition) is 6. The molecule has 0 aromatic carbocycles. The van der Waals surface area contributed by atoms with Gasteiger partial charge in [-0.2, -0.15) is 0 Å². The lowest BCUT2D eigenvalue weighted by molar-refractivity contribution is -0.112. The molecule has 1 N–H and O–H groups in total. The number of ether oxygens (including phenoxy) is 1. The molecule has 3 rings (SSSR count). The molecule has 9 heteroatoms. The Labute approximate surface area is 135 Å². The van der Waals surface area contributed by atoms with Gasteiger partial charge >= 0.3 is 0 Å². The van der Waals surface area contributed by atoms with Crippen molar-refractivity contribution >= 4 is 16.0 Å². The van der Waals surface area contributed by atoms with E-state index in [0.717, 1.165) is 50.9 Å². The minimum Gasteiger partial charge on any atom is -0.368 e. The molecule has 2 atom stereocenters. The molecular weight excluding hydrogens is 323 g/mol. The number of hydrogen-bond donors (Lipinski definition) is 1. The second-order valence-electron chi connectivity index (χ2n) is 6.31. The third-order valence-electron chi connectivity index (χ3n) is 4.35. The van der Waals surface area contributed by atoms with E-state index < -0.39 is 15.8 Å². The van der Waals surface area contributed by atoms with Crippen molar-refractivity contribution in [2.24, 2.45) is 0 Å². The maximum absolute atomic E-state index is 12.9. The van der Waals surface area contributed by atoms with Crippen molar-refractivity contribution in [1.82, 2.24) is 14.7 Å². The van der Waals surface area contributed by atoms with Gasteiger partial charge in [0.1, 0.15) is 0 Å². The standard InChI is InChI=1S/C14H21FN4O3S/c1-23(20,21)18-9-12-3-2-4-14(22-12)5-6-19(10-14)13-16-7-11(15)8-17-13/h7-8,12,18H,2-6,9-10H2,1H3/t12-,14+/m0/s1. The molecule has 7 nitrogen and oxygen atoms in total. The number of aromatic nitrogens is 2. The highest BCUT2D eigenvalue weighted by Crippen LogP contribution is 2.37. The summed E-state index contributed by atoms with van der Waals surface area (Å²) >= 11 is 0. The smallest absolute Gasteiger partial charge is 0.225 e. The molecule has 2 saturated heterocycles. The summed E-state index contributed by atoms with van der Waals surface area (Å²) in [6.07, 6.45) is 6.96. The number of anilines is 1. The van der Waals surface area contributed by atoms with Crippen LogP contribution in [0.5, 0.6) is 0 Å². The fourth-order valence-corrected chi connectivity index (χ4v) is 3.78. The van der Waals surface area contributed by atoms with E-state index in [9.17, 15) is 12.8 Å². The second-order valence-corrected chi connectivity index (χ2v) is 8.14. The predicted octanol–water partition coefficient (Wildman–Crippen LogP) is 0.683. The van der Waals surface area contributed by atoms with E-state index in [4.69, 9.17) is 4.74 Å². The Morgan fingerprint density at radius 1 is 1.43 bits per heavy atom. The summed E-state index contributed by atoms with van der Waals surface area (Å²) in [5.41, 5.74) is -0.292. The van der Waals surface area contributed by atoms with Crippen molar-refractivity contribution in [3.63, 3.8) is 0 Å². The molecule has 2 aliphatic heterocycles. The molecule has 23 heavy (non-hydrogen) atoms. The minimum atomic E-state index is -3.21. The second kappa shape index (κ2) is 6.29. The van der Waals surface area contributed by atoms with Gasteiger partial charge in [0.2, 0.25) is 16.0 Å². The monoisotopic (exact) mass is 344 g/mol. The van der Waals surface area contributed by atoms with Crippen LogP contribution in [0.4, 0.5) is 10.3 Å². The quantitative estimate of drug-likeness (QED) is 0.865. The fraction of sp³-hybridized carbons (Fsp3) is 0.714. The van der Waals surface area contributed by atoms with Crippen LogP contribution >= 0.6 is 0 Å². The zero-order chi connectivity index (χ0) is 16.5. The van der Waals surface area contributed by atoms with E-state index in [1.54, 1.807) is 0 Å². The van der Waals surface area contributed by atoms with Gasteiger partial charge in [0.25, 0.3) is 0 Å². The highest BCUT2D eigenvalue weighted by molar-refractivity contribution is 7.88. The lowest BCUT2D eigenvalue weighted by Crippen LogP contribution is -2.46. The molecule has 128 valence electrons. The summed E-state index contributed by atoms with van der Waals surface area (Å²) < 4.78 is 44.1. The number of nitrogens with zero attached hydrogens (tertiary/aromatic N) is 3. The predicted molar refractivity (Wildman–Crippen MR) is 83.1 cm³/mol. The van der Waals surface area contributed by atoms with Gasteiger partial charge in [-0.25, -0.2) is 27.5 Å². The average Bonchev–Trinajstić information content (AvgIpc) is 2.89. The van der Waals surface area contributed by atoms with Gasteiger partial charge in [0.05, 0.1) is 30.4 Å². The van der Waals surface area contributed by atoms with Crippen molar-refractivity contribution in [1.29, 1.82) is 0 Å². The normalized spacial score (nSPS) is 28.4. The zero-order valence-corrected chi connectivity index (χ0v) is 13.9. The van der Waals surface area contributed by atoms with Crippen molar-refractivity contribution < 1.29 is 17.5 Å². The molecule has 0 bridgehead atoms. The number of rotatable bonds is 4. The summed E-state index contributed by atoms with van der Waals surface area (Å²) in [4.78, 5) is 10.0. The first-order valence-electron chi connectivity index (χ1n) is 7.70. The van der Waals surface area contributed by atoms with Crippen LogP contribution in [0, 0.1) is 5.82 Å². The average molecular weight is 344 g/mol. The Bertz CT molecular complexity index is 654. The summed E-state index contributed by atoms with van der Waals surface area (Å²) in [5.74, 6) is 0.0479. The molecule has 1 spiro atoms. The lowest BCUT2D eigenvalue weighted by Gasteiger charge is -2.38. The molecule has 0 unspecified atom stereocenters.